The lowest BCUT2D eigenvalue weighted by atomic mass is 9.66. The molecule has 2 aliphatic carbocycles. The summed E-state index contributed by atoms with van der Waals surface area (Å²) in [6.45, 7) is 4.22. The second kappa shape index (κ2) is 5.67. The average Bonchev–Trinajstić information content (AvgIpc) is 2.36. The first kappa shape index (κ1) is 14.4. The van der Waals surface area contributed by atoms with Gasteiger partial charge in [0.2, 0.25) is 0 Å². The summed E-state index contributed by atoms with van der Waals surface area (Å²) < 4.78 is 0. The van der Waals surface area contributed by atoms with Gasteiger partial charge < -0.3 is 5.32 Å². The highest BCUT2D eigenvalue weighted by molar-refractivity contribution is 5.92. The van der Waals surface area contributed by atoms with Gasteiger partial charge in [-0.2, -0.15) is 0 Å². The molecule has 1 spiro atoms. The number of allylic oxidation sites excluding steroid dienone is 2. The van der Waals surface area contributed by atoms with Gasteiger partial charge in [-0.3, -0.25) is 4.79 Å². The molecule has 1 aromatic rings. The topological polar surface area (TPSA) is 29.1 Å². The van der Waals surface area contributed by atoms with Crippen LogP contribution in [0.4, 0.5) is 5.69 Å². The van der Waals surface area contributed by atoms with Crippen molar-refractivity contribution in [3.8, 4) is 0 Å². The lowest BCUT2D eigenvalue weighted by Gasteiger charge is -2.40. The molecule has 1 fully saturated rings. The lowest BCUT2D eigenvalue weighted by molar-refractivity contribution is -0.118. The molecular formula is C19H25NO. The molecule has 0 aromatic heterocycles. The molecule has 0 saturated heterocycles. The first-order valence-electron chi connectivity index (χ1n) is 8.13. The van der Waals surface area contributed by atoms with Crippen LogP contribution in [0.15, 0.2) is 30.0 Å². The molecule has 0 amide bonds. The molecule has 2 aliphatic rings. The van der Waals surface area contributed by atoms with E-state index in [1.54, 1.807) is 0 Å². The number of ketones is 1. The first-order valence-corrected chi connectivity index (χ1v) is 8.13. The molecule has 0 unspecified atom stereocenters. The fourth-order valence-electron chi connectivity index (χ4n) is 4.10. The van der Waals surface area contributed by atoms with Crippen LogP contribution in [0.2, 0.25) is 0 Å². The molecule has 0 bridgehead atoms. The number of benzene rings is 1. The van der Waals surface area contributed by atoms with Crippen molar-refractivity contribution in [2.45, 2.75) is 58.8 Å². The van der Waals surface area contributed by atoms with E-state index in [9.17, 15) is 4.79 Å². The molecule has 0 heterocycles. The van der Waals surface area contributed by atoms with E-state index in [2.05, 4.69) is 37.4 Å². The largest absolute Gasteiger partial charge is 0.359 e. The summed E-state index contributed by atoms with van der Waals surface area (Å²) in [6.07, 6.45) is 9.94. The van der Waals surface area contributed by atoms with Crippen LogP contribution in [0.25, 0.3) is 0 Å². The Morgan fingerprint density at radius 3 is 2.29 bits per heavy atom. The fraction of sp³-hybridized carbons (Fsp3) is 0.526. The Morgan fingerprint density at radius 1 is 0.952 bits per heavy atom. The Balaban J connectivity index is 1.79. The molecule has 0 radical (unpaired) electrons. The maximum atomic E-state index is 12.2. The third-order valence-electron chi connectivity index (χ3n) is 4.89. The highest BCUT2D eigenvalue weighted by Gasteiger charge is 2.37. The highest BCUT2D eigenvalue weighted by Crippen LogP contribution is 2.46. The summed E-state index contributed by atoms with van der Waals surface area (Å²) >= 11 is 0. The van der Waals surface area contributed by atoms with Crippen LogP contribution in [-0.4, -0.2) is 5.78 Å². The predicted molar refractivity (Wildman–Crippen MR) is 87.4 cm³/mol. The van der Waals surface area contributed by atoms with Gasteiger partial charge in [-0.25, -0.2) is 0 Å². The third-order valence-corrected chi connectivity index (χ3v) is 4.89. The summed E-state index contributed by atoms with van der Waals surface area (Å²) in [5.74, 6) is 0.301. The van der Waals surface area contributed by atoms with E-state index in [0.717, 1.165) is 24.2 Å². The molecule has 0 atom stereocenters. The smallest absolute Gasteiger partial charge is 0.157 e. The quantitative estimate of drug-likeness (QED) is 0.835. The monoisotopic (exact) mass is 283 g/mol. The van der Waals surface area contributed by atoms with Crippen molar-refractivity contribution < 1.29 is 4.79 Å². The van der Waals surface area contributed by atoms with Gasteiger partial charge in [-0.15, -0.1) is 0 Å². The predicted octanol–water partition coefficient (Wildman–Crippen LogP) is 4.91. The number of hydrogen-bond donors (Lipinski definition) is 1. The highest BCUT2D eigenvalue weighted by atomic mass is 16.1. The maximum absolute atomic E-state index is 12.2. The van der Waals surface area contributed by atoms with Crippen LogP contribution < -0.4 is 5.32 Å². The SMILES string of the molecule is Cc1cc(C)cc(NC2=CC(=O)CC3(CCCCC3)C2)c1. The van der Waals surface area contributed by atoms with Crippen LogP contribution in [0.3, 0.4) is 0 Å². The van der Waals surface area contributed by atoms with Crippen LogP contribution in [0.5, 0.6) is 0 Å². The minimum absolute atomic E-state index is 0.241. The second-order valence-corrected chi connectivity index (χ2v) is 7.05. The van der Waals surface area contributed by atoms with Gasteiger partial charge in [-0.1, -0.05) is 25.3 Å². The second-order valence-electron chi connectivity index (χ2n) is 7.05. The standard InChI is InChI=1S/C19H25NO/c1-14-8-15(2)10-16(9-14)20-17-11-18(21)13-19(12-17)6-4-3-5-7-19/h8-11,20H,3-7,12-13H2,1-2H3. The molecule has 3 rings (SSSR count). The van der Waals surface area contributed by atoms with Crippen LogP contribution >= 0.6 is 0 Å². The van der Waals surface area contributed by atoms with E-state index >= 15 is 0 Å². The van der Waals surface area contributed by atoms with Crippen molar-refractivity contribution in [3.63, 3.8) is 0 Å². The van der Waals surface area contributed by atoms with Crippen molar-refractivity contribution in [1.29, 1.82) is 0 Å². The zero-order chi connectivity index (χ0) is 14.9. The molecule has 2 nitrogen and oxygen atoms in total. The number of nitrogens with one attached hydrogen (secondary N) is 1. The van der Waals surface area contributed by atoms with Crippen LogP contribution in [0, 0.1) is 19.3 Å². The molecule has 1 aromatic carbocycles. The number of hydrogen-bond acceptors (Lipinski definition) is 2. The Morgan fingerprint density at radius 2 is 1.62 bits per heavy atom. The van der Waals surface area contributed by atoms with Crippen molar-refractivity contribution in [2.75, 3.05) is 5.32 Å². The molecule has 0 aliphatic heterocycles. The summed E-state index contributed by atoms with van der Waals surface area (Å²) in [5.41, 5.74) is 4.98. The summed E-state index contributed by atoms with van der Waals surface area (Å²) in [6, 6.07) is 6.48. The zero-order valence-corrected chi connectivity index (χ0v) is 13.2. The van der Waals surface area contributed by atoms with Crippen molar-refractivity contribution >= 4 is 11.5 Å². The Bertz CT molecular complexity index is 559. The fourth-order valence-corrected chi connectivity index (χ4v) is 4.10. The van der Waals surface area contributed by atoms with Gasteiger partial charge in [0.1, 0.15) is 0 Å². The van der Waals surface area contributed by atoms with Crippen molar-refractivity contribution in [1.82, 2.24) is 0 Å². The summed E-state index contributed by atoms with van der Waals surface area (Å²) in [7, 11) is 0. The Labute approximate surface area is 127 Å². The minimum atomic E-state index is 0.241. The minimum Gasteiger partial charge on any atom is -0.359 e. The molecule has 1 saturated carbocycles. The maximum Gasteiger partial charge on any atom is 0.157 e. The molecular weight excluding hydrogens is 258 g/mol. The van der Waals surface area contributed by atoms with Crippen LogP contribution in [0.1, 0.15) is 56.1 Å². The third kappa shape index (κ3) is 3.37. The van der Waals surface area contributed by atoms with E-state index in [1.807, 2.05) is 6.08 Å². The van der Waals surface area contributed by atoms with Gasteiger partial charge in [0.15, 0.2) is 5.78 Å². The van der Waals surface area contributed by atoms with Crippen LogP contribution in [-0.2, 0) is 4.79 Å². The molecule has 21 heavy (non-hydrogen) atoms. The Kier molecular flexibility index (Phi) is 3.88. The van der Waals surface area contributed by atoms with Gasteiger partial charge in [0, 0.05) is 23.9 Å². The van der Waals surface area contributed by atoms with E-state index in [-0.39, 0.29) is 5.41 Å². The van der Waals surface area contributed by atoms with Gasteiger partial charge in [0.05, 0.1) is 0 Å². The van der Waals surface area contributed by atoms with E-state index in [0.29, 0.717) is 5.78 Å². The molecule has 2 heteroatoms. The van der Waals surface area contributed by atoms with Gasteiger partial charge in [0.25, 0.3) is 0 Å². The first-order chi connectivity index (χ1) is 10.0. The van der Waals surface area contributed by atoms with E-state index in [4.69, 9.17) is 0 Å². The van der Waals surface area contributed by atoms with Crippen molar-refractivity contribution in [2.24, 2.45) is 5.41 Å². The van der Waals surface area contributed by atoms with Gasteiger partial charge >= 0.3 is 0 Å². The van der Waals surface area contributed by atoms with Crippen molar-refractivity contribution in [3.05, 3.63) is 41.1 Å². The number of aryl methyl sites for hydroxylation is 2. The number of carbonyl (C=O) groups is 1. The zero-order valence-electron chi connectivity index (χ0n) is 13.2. The van der Waals surface area contributed by atoms with E-state index in [1.165, 1.54) is 43.2 Å². The number of carbonyl (C=O) groups excluding carboxylic acids is 1. The lowest BCUT2D eigenvalue weighted by Crippen LogP contribution is -2.32. The summed E-state index contributed by atoms with van der Waals surface area (Å²) in [4.78, 5) is 12.2. The molecule has 112 valence electrons. The molecule has 1 N–H and O–H groups in total. The Hall–Kier alpha value is -1.57. The summed E-state index contributed by atoms with van der Waals surface area (Å²) in [5, 5.41) is 3.50. The normalized spacial score (nSPS) is 21.2. The van der Waals surface area contributed by atoms with E-state index < -0.39 is 0 Å². The number of anilines is 1. The van der Waals surface area contributed by atoms with Gasteiger partial charge in [-0.05, 0) is 61.8 Å². The average molecular weight is 283 g/mol. The number of rotatable bonds is 2.